The fourth-order valence-corrected chi connectivity index (χ4v) is 2.89. The first-order chi connectivity index (χ1) is 12.3. The summed E-state index contributed by atoms with van der Waals surface area (Å²) >= 11 is 0. The van der Waals surface area contributed by atoms with Crippen LogP contribution in [0.5, 0.6) is 11.5 Å². The Hall–Kier alpha value is -2.00. The Morgan fingerprint density at radius 1 is 1.00 bits per heavy atom. The van der Waals surface area contributed by atoms with E-state index < -0.39 is 0 Å². The van der Waals surface area contributed by atoms with Crippen LogP contribution in [0, 0.1) is 12.3 Å². The molecule has 2 aromatic rings. The molecule has 0 aliphatic heterocycles. The van der Waals surface area contributed by atoms with E-state index >= 15 is 0 Å². The molecule has 1 radical (unpaired) electrons. The standard InChI is InChI=1S/C22H27O3/c1-17(19-9-10-19)20-11-12-21(22(15-20)24-14-6-13-23-2)25-16-18-7-4-3-5-8-18/h3-5,7-9,11-12,15,17,19H,6,10,13-14,16H2,1-2H3. The molecule has 0 N–H and O–H groups in total. The van der Waals surface area contributed by atoms with Gasteiger partial charge in [-0.25, -0.2) is 0 Å². The van der Waals surface area contributed by atoms with Gasteiger partial charge in [0.2, 0.25) is 0 Å². The topological polar surface area (TPSA) is 27.7 Å². The third-order valence-corrected chi connectivity index (χ3v) is 4.63. The highest BCUT2D eigenvalue weighted by Crippen LogP contribution is 2.43. The number of hydrogen-bond donors (Lipinski definition) is 0. The summed E-state index contributed by atoms with van der Waals surface area (Å²) in [5.74, 6) is 2.87. The third kappa shape index (κ3) is 5.23. The van der Waals surface area contributed by atoms with Crippen molar-refractivity contribution in [1.82, 2.24) is 0 Å². The van der Waals surface area contributed by atoms with E-state index in [0.29, 0.717) is 31.7 Å². The van der Waals surface area contributed by atoms with Gasteiger partial charge in [0.15, 0.2) is 11.5 Å². The van der Waals surface area contributed by atoms with Crippen LogP contribution in [0.15, 0.2) is 48.5 Å². The van der Waals surface area contributed by atoms with Gasteiger partial charge >= 0.3 is 0 Å². The number of ether oxygens (including phenoxy) is 3. The maximum atomic E-state index is 6.03. The molecule has 1 aliphatic carbocycles. The minimum absolute atomic E-state index is 0.532. The molecule has 0 bridgehead atoms. The molecule has 3 nitrogen and oxygen atoms in total. The van der Waals surface area contributed by atoms with E-state index in [2.05, 4.69) is 37.6 Å². The van der Waals surface area contributed by atoms with Crippen molar-refractivity contribution >= 4 is 0 Å². The molecule has 1 saturated carbocycles. The van der Waals surface area contributed by atoms with Gasteiger partial charge in [0, 0.05) is 20.1 Å². The minimum atomic E-state index is 0.532. The molecule has 0 amide bonds. The summed E-state index contributed by atoms with van der Waals surface area (Å²) in [6.07, 6.45) is 4.45. The zero-order chi connectivity index (χ0) is 17.5. The van der Waals surface area contributed by atoms with Crippen molar-refractivity contribution in [3.05, 3.63) is 66.1 Å². The second-order valence-corrected chi connectivity index (χ2v) is 6.60. The average molecular weight is 339 g/mol. The first-order valence-corrected chi connectivity index (χ1v) is 9.03. The van der Waals surface area contributed by atoms with Crippen LogP contribution >= 0.6 is 0 Å². The number of benzene rings is 2. The molecule has 0 heterocycles. The fourth-order valence-electron chi connectivity index (χ4n) is 2.89. The van der Waals surface area contributed by atoms with Gasteiger partial charge < -0.3 is 14.2 Å². The van der Waals surface area contributed by atoms with Gasteiger partial charge in [-0.15, -0.1) is 0 Å². The predicted octanol–water partition coefficient (Wildman–Crippen LogP) is 5.01. The maximum Gasteiger partial charge on any atom is 0.161 e. The van der Waals surface area contributed by atoms with Crippen LogP contribution in [0.2, 0.25) is 0 Å². The van der Waals surface area contributed by atoms with Crippen molar-refractivity contribution in [2.45, 2.75) is 32.3 Å². The Bertz CT molecular complexity index is 650. The normalized spacial score (nSPS) is 15.0. The van der Waals surface area contributed by atoms with E-state index in [1.54, 1.807) is 7.11 Å². The van der Waals surface area contributed by atoms with Crippen molar-refractivity contribution in [2.24, 2.45) is 5.92 Å². The van der Waals surface area contributed by atoms with Gasteiger partial charge in [-0.3, -0.25) is 0 Å². The van der Waals surface area contributed by atoms with Crippen LogP contribution in [0.3, 0.4) is 0 Å². The number of hydrogen-bond acceptors (Lipinski definition) is 3. The van der Waals surface area contributed by atoms with E-state index in [1.165, 1.54) is 12.0 Å². The van der Waals surface area contributed by atoms with Crippen molar-refractivity contribution in [2.75, 3.05) is 20.3 Å². The highest BCUT2D eigenvalue weighted by Gasteiger charge is 2.29. The molecule has 1 fully saturated rings. The first kappa shape index (κ1) is 17.8. The largest absolute Gasteiger partial charge is 0.490 e. The SMILES string of the molecule is COCCCOc1cc(C(C)C2[CH]C2)ccc1OCc1ccccc1. The zero-order valence-electron chi connectivity index (χ0n) is 15.1. The lowest BCUT2D eigenvalue weighted by atomic mass is 9.96. The smallest absolute Gasteiger partial charge is 0.161 e. The Morgan fingerprint density at radius 2 is 1.80 bits per heavy atom. The highest BCUT2D eigenvalue weighted by molar-refractivity contribution is 5.44. The van der Waals surface area contributed by atoms with E-state index in [4.69, 9.17) is 14.2 Å². The summed E-state index contributed by atoms with van der Waals surface area (Å²) in [6, 6.07) is 16.6. The second kappa shape index (κ2) is 8.91. The molecular weight excluding hydrogens is 312 g/mol. The van der Waals surface area contributed by atoms with Gasteiger partial charge in [0.05, 0.1) is 6.61 Å². The van der Waals surface area contributed by atoms with Crippen LogP contribution in [0.4, 0.5) is 0 Å². The van der Waals surface area contributed by atoms with Gasteiger partial charge in [-0.1, -0.05) is 43.3 Å². The molecule has 2 aromatic carbocycles. The van der Waals surface area contributed by atoms with Crippen molar-refractivity contribution in [1.29, 1.82) is 0 Å². The molecule has 0 spiro atoms. The van der Waals surface area contributed by atoms with Crippen LogP contribution in [-0.4, -0.2) is 20.3 Å². The third-order valence-electron chi connectivity index (χ3n) is 4.63. The molecule has 133 valence electrons. The minimum Gasteiger partial charge on any atom is -0.490 e. The summed E-state index contributed by atoms with van der Waals surface area (Å²) in [4.78, 5) is 0. The van der Waals surface area contributed by atoms with E-state index in [0.717, 1.165) is 23.5 Å². The number of methoxy groups -OCH3 is 1. The summed E-state index contributed by atoms with van der Waals surface area (Å²) in [5, 5.41) is 0. The van der Waals surface area contributed by atoms with E-state index in [1.807, 2.05) is 24.3 Å². The van der Waals surface area contributed by atoms with Gasteiger partial charge in [-0.2, -0.15) is 0 Å². The Morgan fingerprint density at radius 3 is 2.52 bits per heavy atom. The molecule has 1 aliphatic rings. The molecule has 3 rings (SSSR count). The predicted molar refractivity (Wildman–Crippen MR) is 100 cm³/mol. The summed E-state index contributed by atoms with van der Waals surface area (Å²) in [7, 11) is 1.71. The van der Waals surface area contributed by atoms with E-state index in [9.17, 15) is 0 Å². The fraction of sp³-hybridized carbons (Fsp3) is 0.409. The van der Waals surface area contributed by atoms with Gasteiger partial charge in [0.25, 0.3) is 0 Å². The van der Waals surface area contributed by atoms with Crippen molar-refractivity contribution < 1.29 is 14.2 Å². The zero-order valence-corrected chi connectivity index (χ0v) is 15.1. The lowest BCUT2D eigenvalue weighted by molar-refractivity contribution is 0.169. The van der Waals surface area contributed by atoms with Crippen LogP contribution < -0.4 is 9.47 Å². The van der Waals surface area contributed by atoms with Crippen molar-refractivity contribution in [3.8, 4) is 11.5 Å². The monoisotopic (exact) mass is 339 g/mol. The Labute approximate surface area is 150 Å². The molecule has 3 heteroatoms. The van der Waals surface area contributed by atoms with Gasteiger partial charge in [0.1, 0.15) is 6.61 Å². The quantitative estimate of drug-likeness (QED) is 0.570. The summed E-state index contributed by atoms with van der Waals surface area (Å²) in [6.45, 7) is 4.15. The van der Waals surface area contributed by atoms with Crippen LogP contribution in [0.1, 0.15) is 36.8 Å². The molecule has 2 unspecified atom stereocenters. The average Bonchev–Trinajstić information content (AvgIpc) is 3.49. The molecule has 0 aromatic heterocycles. The Balaban J connectivity index is 1.69. The van der Waals surface area contributed by atoms with Crippen LogP contribution in [0.25, 0.3) is 0 Å². The number of rotatable bonds is 10. The van der Waals surface area contributed by atoms with Crippen molar-refractivity contribution in [3.63, 3.8) is 0 Å². The maximum absolute atomic E-state index is 6.03. The highest BCUT2D eigenvalue weighted by atomic mass is 16.5. The lowest BCUT2D eigenvalue weighted by Gasteiger charge is -2.17. The van der Waals surface area contributed by atoms with E-state index in [-0.39, 0.29) is 0 Å². The lowest BCUT2D eigenvalue weighted by Crippen LogP contribution is -2.05. The summed E-state index contributed by atoms with van der Waals surface area (Å²) in [5.41, 5.74) is 2.46. The first-order valence-electron chi connectivity index (χ1n) is 9.03. The van der Waals surface area contributed by atoms with Gasteiger partial charge in [-0.05, 0) is 47.9 Å². The Kier molecular flexibility index (Phi) is 6.35. The molecule has 2 atom stereocenters. The van der Waals surface area contributed by atoms with Crippen LogP contribution in [-0.2, 0) is 11.3 Å². The molecule has 0 saturated heterocycles. The second-order valence-electron chi connectivity index (χ2n) is 6.60. The molecular formula is C22H27O3. The molecule has 25 heavy (non-hydrogen) atoms. The summed E-state index contributed by atoms with van der Waals surface area (Å²) < 4.78 is 17.1.